The van der Waals surface area contributed by atoms with Gasteiger partial charge in [-0.2, -0.15) is 0 Å². The largest absolute Gasteiger partial charge is 0.481 e. The predicted molar refractivity (Wildman–Crippen MR) is 80.3 cm³/mol. The first-order chi connectivity index (χ1) is 8.93. The van der Waals surface area contributed by atoms with Crippen LogP contribution in [0.2, 0.25) is 0 Å². The van der Waals surface area contributed by atoms with E-state index in [2.05, 4.69) is 26.6 Å². The standard InChI is InChI=1S/C14H21BrN2O2/c1-9(2)17-14(18)10(3)19-12-5-6-13(15)11(7-12)8-16-4/h5-7,9-10,16H,8H2,1-4H3,(H,17,18). The fraction of sp³-hybridized carbons (Fsp3) is 0.500. The van der Waals surface area contributed by atoms with Crippen molar-refractivity contribution in [3.05, 3.63) is 28.2 Å². The fourth-order valence-corrected chi connectivity index (χ4v) is 2.00. The van der Waals surface area contributed by atoms with Gasteiger partial charge < -0.3 is 15.4 Å². The smallest absolute Gasteiger partial charge is 0.260 e. The number of benzene rings is 1. The van der Waals surface area contributed by atoms with Crippen molar-refractivity contribution in [2.24, 2.45) is 0 Å². The maximum Gasteiger partial charge on any atom is 0.260 e. The zero-order valence-electron chi connectivity index (χ0n) is 11.8. The fourth-order valence-electron chi connectivity index (χ4n) is 1.61. The Labute approximate surface area is 123 Å². The number of rotatable bonds is 6. The molecular formula is C14H21BrN2O2. The van der Waals surface area contributed by atoms with Crippen LogP contribution in [0.15, 0.2) is 22.7 Å². The molecule has 0 fully saturated rings. The Bertz CT molecular complexity index is 435. The number of hydrogen-bond acceptors (Lipinski definition) is 3. The number of amides is 1. The highest BCUT2D eigenvalue weighted by molar-refractivity contribution is 9.10. The molecule has 1 rings (SSSR count). The Kier molecular flexibility index (Phi) is 6.31. The van der Waals surface area contributed by atoms with Gasteiger partial charge in [0.05, 0.1) is 0 Å². The van der Waals surface area contributed by atoms with Gasteiger partial charge in [0.15, 0.2) is 6.10 Å². The van der Waals surface area contributed by atoms with Crippen molar-refractivity contribution in [3.63, 3.8) is 0 Å². The lowest BCUT2D eigenvalue weighted by Gasteiger charge is -2.17. The average Bonchev–Trinajstić information content (AvgIpc) is 2.32. The number of carbonyl (C=O) groups is 1. The summed E-state index contributed by atoms with van der Waals surface area (Å²) in [6.07, 6.45) is -0.508. The van der Waals surface area contributed by atoms with Crippen LogP contribution in [-0.4, -0.2) is 25.1 Å². The van der Waals surface area contributed by atoms with E-state index in [9.17, 15) is 4.79 Å². The summed E-state index contributed by atoms with van der Waals surface area (Å²) < 4.78 is 6.68. The molecule has 0 heterocycles. The maximum atomic E-state index is 11.8. The van der Waals surface area contributed by atoms with Gasteiger partial charge >= 0.3 is 0 Å². The van der Waals surface area contributed by atoms with E-state index in [-0.39, 0.29) is 11.9 Å². The molecule has 0 aromatic heterocycles. The number of halogens is 1. The topological polar surface area (TPSA) is 50.4 Å². The van der Waals surface area contributed by atoms with Crippen molar-refractivity contribution in [1.82, 2.24) is 10.6 Å². The van der Waals surface area contributed by atoms with Crippen molar-refractivity contribution < 1.29 is 9.53 Å². The molecule has 0 spiro atoms. The first-order valence-electron chi connectivity index (χ1n) is 6.34. The third-order valence-electron chi connectivity index (χ3n) is 2.50. The number of carbonyl (C=O) groups excluding carboxylic acids is 1. The Hall–Kier alpha value is -1.07. The third-order valence-corrected chi connectivity index (χ3v) is 3.27. The van der Waals surface area contributed by atoms with Gasteiger partial charge in [0.2, 0.25) is 0 Å². The summed E-state index contributed by atoms with van der Waals surface area (Å²) >= 11 is 3.48. The van der Waals surface area contributed by atoms with E-state index in [0.717, 1.165) is 16.6 Å². The van der Waals surface area contributed by atoms with Crippen molar-refractivity contribution in [2.75, 3.05) is 7.05 Å². The average molecular weight is 329 g/mol. The van der Waals surface area contributed by atoms with Gasteiger partial charge in [-0.1, -0.05) is 15.9 Å². The van der Waals surface area contributed by atoms with Crippen LogP contribution in [-0.2, 0) is 11.3 Å². The molecule has 4 nitrogen and oxygen atoms in total. The molecule has 19 heavy (non-hydrogen) atoms. The highest BCUT2D eigenvalue weighted by Gasteiger charge is 2.15. The minimum Gasteiger partial charge on any atom is -0.481 e. The van der Waals surface area contributed by atoms with E-state index in [0.29, 0.717) is 5.75 Å². The molecule has 1 unspecified atom stereocenters. The van der Waals surface area contributed by atoms with Crippen LogP contribution in [0.3, 0.4) is 0 Å². The summed E-state index contributed by atoms with van der Waals surface area (Å²) in [6.45, 7) is 6.34. The molecular weight excluding hydrogens is 308 g/mol. The Morgan fingerprint density at radius 2 is 2.05 bits per heavy atom. The minimum absolute atomic E-state index is 0.104. The molecule has 0 aliphatic rings. The molecule has 1 aromatic rings. The second-order valence-electron chi connectivity index (χ2n) is 4.71. The van der Waals surface area contributed by atoms with E-state index in [1.165, 1.54) is 0 Å². The first-order valence-corrected chi connectivity index (χ1v) is 7.13. The van der Waals surface area contributed by atoms with Crippen LogP contribution >= 0.6 is 15.9 Å². The summed E-state index contributed by atoms with van der Waals surface area (Å²) in [6, 6.07) is 5.82. The first kappa shape index (κ1) is 16.0. The van der Waals surface area contributed by atoms with E-state index in [1.54, 1.807) is 6.92 Å². The molecule has 2 N–H and O–H groups in total. The number of ether oxygens (including phenoxy) is 1. The molecule has 0 aliphatic heterocycles. The van der Waals surface area contributed by atoms with Gasteiger partial charge in [0.1, 0.15) is 5.75 Å². The summed E-state index contributed by atoms with van der Waals surface area (Å²) in [5.74, 6) is 0.591. The third kappa shape index (κ3) is 5.20. The molecule has 0 radical (unpaired) electrons. The lowest BCUT2D eigenvalue weighted by atomic mass is 10.2. The Morgan fingerprint density at radius 1 is 1.37 bits per heavy atom. The number of hydrogen-bond donors (Lipinski definition) is 2. The molecule has 5 heteroatoms. The van der Waals surface area contributed by atoms with Crippen LogP contribution in [0.5, 0.6) is 5.75 Å². The van der Waals surface area contributed by atoms with E-state index in [1.807, 2.05) is 39.1 Å². The van der Waals surface area contributed by atoms with Gasteiger partial charge in [-0.3, -0.25) is 4.79 Å². The van der Waals surface area contributed by atoms with Crippen LogP contribution in [0.1, 0.15) is 26.3 Å². The predicted octanol–water partition coefficient (Wildman–Crippen LogP) is 2.46. The summed E-state index contributed by atoms with van der Waals surface area (Å²) in [5.41, 5.74) is 1.09. The van der Waals surface area contributed by atoms with Crippen molar-refractivity contribution >= 4 is 21.8 Å². The molecule has 1 amide bonds. The molecule has 1 atom stereocenters. The van der Waals surface area contributed by atoms with Gasteiger partial charge in [-0.15, -0.1) is 0 Å². The SMILES string of the molecule is CNCc1cc(OC(C)C(=O)NC(C)C)ccc1Br. The Morgan fingerprint density at radius 3 is 2.63 bits per heavy atom. The van der Waals surface area contributed by atoms with Crippen molar-refractivity contribution in [3.8, 4) is 5.75 Å². The van der Waals surface area contributed by atoms with Crippen LogP contribution in [0.25, 0.3) is 0 Å². The van der Waals surface area contributed by atoms with Crippen LogP contribution < -0.4 is 15.4 Å². The molecule has 0 saturated heterocycles. The van der Waals surface area contributed by atoms with Crippen molar-refractivity contribution in [1.29, 1.82) is 0 Å². The van der Waals surface area contributed by atoms with Gasteiger partial charge in [-0.05, 0) is 51.6 Å². The Balaban J connectivity index is 2.71. The quantitative estimate of drug-likeness (QED) is 0.843. The molecule has 1 aromatic carbocycles. The summed E-state index contributed by atoms with van der Waals surface area (Å²) in [5, 5.41) is 5.92. The lowest BCUT2D eigenvalue weighted by Crippen LogP contribution is -2.40. The normalized spacial score (nSPS) is 12.3. The van der Waals surface area contributed by atoms with Crippen LogP contribution in [0.4, 0.5) is 0 Å². The lowest BCUT2D eigenvalue weighted by molar-refractivity contribution is -0.127. The van der Waals surface area contributed by atoms with Gasteiger partial charge in [0, 0.05) is 17.1 Å². The summed E-state index contributed by atoms with van der Waals surface area (Å²) in [7, 11) is 1.89. The monoisotopic (exact) mass is 328 g/mol. The molecule has 0 saturated carbocycles. The van der Waals surface area contributed by atoms with Crippen molar-refractivity contribution in [2.45, 2.75) is 39.5 Å². The molecule has 0 aliphatic carbocycles. The summed E-state index contributed by atoms with van der Waals surface area (Å²) in [4.78, 5) is 11.8. The van der Waals surface area contributed by atoms with Gasteiger partial charge in [0.25, 0.3) is 5.91 Å². The highest BCUT2D eigenvalue weighted by Crippen LogP contribution is 2.23. The number of nitrogens with one attached hydrogen (secondary N) is 2. The zero-order valence-corrected chi connectivity index (χ0v) is 13.4. The zero-order chi connectivity index (χ0) is 14.4. The molecule has 106 valence electrons. The van der Waals surface area contributed by atoms with E-state index < -0.39 is 6.10 Å². The maximum absolute atomic E-state index is 11.8. The highest BCUT2D eigenvalue weighted by atomic mass is 79.9. The van der Waals surface area contributed by atoms with E-state index >= 15 is 0 Å². The second kappa shape index (κ2) is 7.50. The minimum atomic E-state index is -0.508. The van der Waals surface area contributed by atoms with E-state index in [4.69, 9.17) is 4.74 Å². The van der Waals surface area contributed by atoms with Crippen LogP contribution in [0, 0.1) is 0 Å². The second-order valence-corrected chi connectivity index (χ2v) is 5.56. The van der Waals surface area contributed by atoms with Gasteiger partial charge in [-0.25, -0.2) is 0 Å². The molecule has 0 bridgehead atoms.